The molecule has 3 nitrogen and oxygen atoms in total. The van der Waals surface area contributed by atoms with E-state index in [0.717, 1.165) is 12.8 Å². The van der Waals surface area contributed by atoms with E-state index in [-0.39, 0.29) is 5.91 Å². The first kappa shape index (κ1) is 10.8. The van der Waals surface area contributed by atoms with Crippen LogP contribution in [0.15, 0.2) is 25.5 Å². The van der Waals surface area contributed by atoms with Crippen LogP contribution in [0.25, 0.3) is 0 Å². The van der Waals surface area contributed by atoms with E-state index in [1.165, 1.54) is 12.3 Å². The van der Waals surface area contributed by atoms with Crippen LogP contribution in [0.1, 0.15) is 12.8 Å². The fourth-order valence-corrected chi connectivity index (χ4v) is 0.677. The van der Waals surface area contributed by atoms with E-state index in [2.05, 4.69) is 18.5 Å². The van der Waals surface area contributed by atoms with Crippen LogP contribution in [0.5, 0.6) is 0 Å². The number of carbonyl (C=O) groups is 1. The molecule has 0 aliphatic carbocycles. The van der Waals surface area contributed by atoms with E-state index in [1.807, 2.05) is 0 Å². The summed E-state index contributed by atoms with van der Waals surface area (Å²) in [6.45, 7) is 8.09. The SMILES string of the molecule is C=COCCCCNC(=O)C=C. The molecule has 12 heavy (non-hydrogen) atoms. The van der Waals surface area contributed by atoms with Crippen LogP contribution in [0, 0.1) is 0 Å². The molecule has 0 saturated heterocycles. The second-order valence-corrected chi connectivity index (χ2v) is 2.24. The Labute approximate surface area is 73.1 Å². The Morgan fingerprint density at radius 1 is 1.42 bits per heavy atom. The monoisotopic (exact) mass is 169 g/mol. The minimum absolute atomic E-state index is 0.125. The highest BCUT2D eigenvalue weighted by Gasteiger charge is 1.91. The molecule has 0 atom stereocenters. The lowest BCUT2D eigenvalue weighted by Crippen LogP contribution is -2.21. The van der Waals surface area contributed by atoms with Gasteiger partial charge in [-0.15, -0.1) is 0 Å². The molecule has 0 aromatic rings. The molecule has 1 amide bonds. The van der Waals surface area contributed by atoms with Gasteiger partial charge in [0.25, 0.3) is 0 Å². The summed E-state index contributed by atoms with van der Waals surface area (Å²) in [6.07, 6.45) is 4.51. The van der Waals surface area contributed by atoms with Crippen LogP contribution in [-0.2, 0) is 9.53 Å². The third kappa shape index (κ3) is 6.86. The van der Waals surface area contributed by atoms with Crippen molar-refractivity contribution in [2.75, 3.05) is 13.2 Å². The molecule has 3 heteroatoms. The van der Waals surface area contributed by atoms with Crippen molar-refractivity contribution in [3.63, 3.8) is 0 Å². The smallest absolute Gasteiger partial charge is 0.243 e. The molecule has 0 aromatic carbocycles. The number of unbranched alkanes of at least 4 members (excludes halogenated alkanes) is 1. The van der Waals surface area contributed by atoms with Crippen molar-refractivity contribution >= 4 is 5.91 Å². The van der Waals surface area contributed by atoms with Crippen molar-refractivity contribution in [2.24, 2.45) is 0 Å². The van der Waals surface area contributed by atoms with Gasteiger partial charge < -0.3 is 10.1 Å². The Kier molecular flexibility index (Phi) is 7.03. The van der Waals surface area contributed by atoms with Gasteiger partial charge in [0.05, 0.1) is 12.9 Å². The van der Waals surface area contributed by atoms with Gasteiger partial charge in [-0.1, -0.05) is 13.2 Å². The van der Waals surface area contributed by atoms with E-state index < -0.39 is 0 Å². The summed E-state index contributed by atoms with van der Waals surface area (Å²) in [4.78, 5) is 10.6. The topological polar surface area (TPSA) is 38.3 Å². The van der Waals surface area contributed by atoms with Gasteiger partial charge in [0.2, 0.25) is 5.91 Å². The number of nitrogens with one attached hydrogen (secondary N) is 1. The van der Waals surface area contributed by atoms with Crippen LogP contribution in [-0.4, -0.2) is 19.1 Å². The number of carbonyl (C=O) groups excluding carboxylic acids is 1. The zero-order valence-corrected chi connectivity index (χ0v) is 7.21. The summed E-state index contributed by atoms with van der Waals surface area (Å²) in [7, 11) is 0. The van der Waals surface area contributed by atoms with Crippen LogP contribution < -0.4 is 5.32 Å². The molecular weight excluding hydrogens is 154 g/mol. The first-order chi connectivity index (χ1) is 5.81. The molecule has 0 fully saturated rings. The molecule has 0 bridgehead atoms. The summed E-state index contributed by atoms with van der Waals surface area (Å²) in [6, 6.07) is 0. The molecular formula is C9H15NO2. The Hall–Kier alpha value is -1.25. The summed E-state index contributed by atoms with van der Waals surface area (Å²) in [5.74, 6) is -0.125. The lowest BCUT2D eigenvalue weighted by molar-refractivity contribution is -0.116. The number of hydrogen-bond acceptors (Lipinski definition) is 2. The van der Waals surface area contributed by atoms with E-state index in [9.17, 15) is 4.79 Å². The van der Waals surface area contributed by atoms with Crippen LogP contribution in [0.4, 0.5) is 0 Å². The number of rotatable bonds is 7. The summed E-state index contributed by atoms with van der Waals surface area (Å²) < 4.78 is 4.90. The highest BCUT2D eigenvalue weighted by atomic mass is 16.5. The predicted molar refractivity (Wildman–Crippen MR) is 48.6 cm³/mol. The maximum Gasteiger partial charge on any atom is 0.243 e. The van der Waals surface area contributed by atoms with E-state index in [1.54, 1.807) is 0 Å². The molecule has 0 aliphatic heterocycles. The van der Waals surface area contributed by atoms with Crippen molar-refractivity contribution in [3.8, 4) is 0 Å². The second kappa shape index (κ2) is 7.85. The number of hydrogen-bond donors (Lipinski definition) is 1. The van der Waals surface area contributed by atoms with Gasteiger partial charge in [0.15, 0.2) is 0 Å². The molecule has 0 aliphatic rings. The molecule has 68 valence electrons. The van der Waals surface area contributed by atoms with Crippen LogP contribution >= 0.6 is 0 Å². The molecule has 0 radical (unpaired) electrons. The van der Waals surface area contributed by atoms with E-state index in [0.29, 0.717) is 13.2 Å². The molecule has 0 rings (SSSR count). The van der Waals surface area contributed by atoms with Crippen molar-refractivity contribution in [2.45, 2.75) is 12.8 Å². The van der Waals surface area contributed by atoms with Gasteiger partial charge in [-0.3, -0.25) is 4.79 Å². The molecule has 1 N–H and O–H groups in total. The molecule has 0 unspecified atom stereocenters. The first-order valence-corrected chi connectivity index (χ1v) is 3.94. The molecule has 0 heterocycles. The van der Waals surface area contributed by atoms with Crippen molar-refractivity contribution in [3.05, 3.63) is 25.5 Å². The Morgan fingerprint density at radius 3 is 2.75 bits per heavy atom. The number of ether oxygens (including phenoxy) is 1. The fourth-order valence-electron chi connectivity index (χ4n) is 0.677. The molecule has 0 aromatic heterocycles. The number of amides is 1. The summed E-state index contributed by atoms with van der Waals surface area (Å²) in [5, 5.41) is 2.67. The Morgan fingerprint density at radius 2 is 2.17 bits per heavy atom. The third-order valence-electron chi connectivity index (χ3n) is 1.29. The second-order valence-electron chi connectivity index (χ2n) is 2.24. The minimum Gasteiger partial charge on any atom is -0.502 e. The predicted octanol–water partition coefficient (Wildman–Crippen LogP) is 1.23. The van der Waals surface area contributed by atoms with Crippen molar-refractivity contribution in [1.82, 2.24) is 5.32 Å². The van der Waals surface area contributed by atoms with Crippen LogP contribution in [0.2, 0.25) is 0 Å². The van der Waals surface area contributed by atoms with Crippen molar-refractivity contribution < 1.29 is 9.53 Å². The molecule has 0 spiro atoms. The van der Waals surface area contributed by atoms with E-state index in [4.69, 9.17) is 4.74 Å². The van der Waals surface area contributed by atoms with Gasteiger partial charge in [-0.25, -0.2) is 0 Å². The first-order valence-electron chi connectivity index (χ1n) is 3.94. The average Bonchev–Trinajstić information content (AvgIpc) is 2.10. The van der Waals surface area contributed by atoms with Gasteiger partial charge in [-0.2, -0.15) is 0 Å². The largest absolute Gasteiger partial charge is 0.502 e. The Balaban J connectivity index is 3.05. The summed E-state index contributed by atoms with van der Waals surface area (Å²) >= 11 is 0. The maximum absolute atomic E-state index is 10.6. The van der Waals surface area contributed by atoms with Gasteiger partial charge >= 0.3 is 0 Å². The maximum atomic E-state index is 10.6. The van der Waals surface area contributed by atoms with Gasteiger partial charge in [-0.05, 0) is 18.9 Å². The highest BCUT2D eigenvalue weighted by molar-refractivity contribution is 5.86. The molecule has 0 saturated carbocycles. The van der Waals surface area contributed by atoms with E-state index >= 15 is 0 Å². The zero-order chi connectivity index (χ0) is 9.23. The lowest BCUT2D eigenvalue weighted by atomic mass is 10.3. The zero-order valence-electron chi connectivity index (χ0n) is 7.21. The van der Waals surface area contributed by atoms with Crippen molar-refractivity contribution in [1.29, 1.82) is 0 Å². The minimum atomic E-state index is -0.125. The summed E-state index contributed by atoms with van der Waals surface area (Å²) in [5.41, 5.74) is 0. The average molecular weight is 169 g/mol. The third-order valence-corrected chi connectivity index (χ3v) is 1.29. The fraction of sp³-hybridized carbons (Fsp3) is 0.444. The normalized spacial score (nSPS) is 8.67. The van der Waals surface area contributed by atoms with Gasteiger partial charge in [0.1, 0.15) is 0 Å². The lowest BCUT2D eigenvalue weighted by Gasteiger charge is -2.01. The Bertz CT molecular complexity index is 155. The van der Waals surface area contributed by atoms with Gasteiger partial charge in [0, 0.05) is 6.54 Å². The highest BCUT2D eigenvalue weighted by Crippen LogP contribution is 1.88. The standard InChI is InChI=1S/C9H15NO2/c1-3-9(11)10-7-5-6-8-12-4-2/h3-4H,1-2,5-8H2,(H,10,11). The van der Waals surface area contributed by atoms with Crippen LogP contribution in [0.3, 0.4) is 0 Å². The quantitative estimate of drug-likeness (QED) is 0.353.